The topological polar surface area (TPSA) is 12.0 Å². The summed E-state index contributed by atoms with van der Waals surface area (Å²) in [5.41, 5.74) is 0. The van der Waals surface area contributed by atoms with Gasteiger partial charge < -0.3 is 5.32 Å². The lowest BCUT2D eigenvalue weighted by Crippen LogP contribution is -2.14. The predicted molar refractivity (Wildman–Crippen MR) is 89.8 cm³/mol. The van der Waals surface area contributed by atoms with Gasteiger partial charge >= 0.3 is 0 Å². The summed E-state index contributed by atoms with van der Waals surface area (Å²) in [6.45, 7) is 0. The average molecular weight is 373 g/mol. The molecule has 19 heavy (non-hydrogen) atoms. The summed E-state index contributed by atoms with van der Waals surface area (Å²) >= 11 is 13.1. The van der Waals surface area contributed by atoms with Gasteiger partial charge in [0.1, 0.15) is 4.34 Å². The zero-order chi connectivity index (χ0) is 13.4. The van der Waals surface area contributed by atoms with Crippen molar-refractivity contribution in [3.8, 4) is 0 Å². The molecular weight excluding hydrogens is 362 g/mol. The van der Waals surface area contributed by atoms with Crippen molar-refractivity contribution in [3.63, 3.8) is 0 Å². The lowest BCUT2D eigenvalue weighted by molar-refractivity contribution is 0.716. The van der Waals surface area contributed by atoms with Crippen molar-refractivity contribution < 1.29 is 0 Å². The Kier molecular flexibility index (Phi) is 3.96. The summed E-state index contributed by atoms with van der Waals surface area (Å²) in [6.07, 6.45) is 0. The molecule has 0 radical (unpaired) electrons. The zero-order valence-corrected chi connectivity index (χ0v) is 14.1. The first kappa shape index (κ1) is 13.6. The molecule has 3 rings (SSSR count). The molecule has 1 N–H and O–H groups in total. The minimum Gasteiger partial charge on any atom is -0.308 e. The molecule has 0 saturated heterocycles. The van der Waals surface area contributed by atoms with Gasteiger partial charge in [-0.1, -0.05) is 29.8 Å². The smallest absolute Gasteiger partial charge is 0.107 e. The van der Waals surface area contributed by atoms with E-state index in [1.807, 2.05) is 18.4 Å². The van der Waals surface area contributed by atoms with Gasteiger partial charge in [-0.3, -0.25) is 0 Å². The average Bonchev–Trinajstić information content (AvgIpc) is 2.95. The van der Waals surface area contributed by atoms with Gasteiger partial charge in [0.2, 0.25) is 0 Å². The monoisotopic (exact) mass is 371 g/mol. The van der Waals surface area contributed by atoms with Gasteiger partial charge in [-0.05, 0) is 46.6 Å². The Bertz CT molecular complexity index is 667. The van der Waals surface area contributed by atoms with Crippen molar-refractivity contribution in [1.82, 2.24) is 5.32 Å². The molecule has 1 unspecified atom stereocenters. The van der Waals surface area contributed by atoms with E-state index in [0.717, 1.165) is 8.81 Å². The SMILES string of the molecule is CNC(c1cc(Br)c(Cl)s1)c1cc2ccccc2s1. The van der Waals surface area contributed by atoms with Crippen LogP contribution in [0.5, 0.6) is 0 Å². The molecule has 0 saturated carbocycles. The molecule has 1 atom stereocenters. The number of halogens is 2. The number of benzene rings is 1. The van der Waals surface area contributed by atoms with Crippen LogP contribution in [0.2, 0.25) is 4.34 Å². The van der Waals surface area contributed by atoms with Crippen LogP contribution < -0.4 is 5.32 Å². The van der Waals surface area contributed by atoms with E-state index in [2.05, 4.69) is 57.6 Å². The molecule has 2 aromatic heterocycles. The summed E-state index contributed by atoms with van der Waals surface area (Å²) in [7, 11) is 1.98. The summed E-state index contributed by atoms with van der Waals surface area (Å²) in [5, 5.41) is 4.67. The van der Waals surface area contributed by atoms with Gasteiger partial charge in [0.25, 0.3) is 0 Å². The second-order valence-corrected chi connectivity index (χ2v) is 7.83. The van der Waals surface area contributed by atoms with Crippen molar-refractivity contribution >= 4 is 60.3 Å². The lowest BCUT2D eigenvalue weighted by Gasteiger charge is -2.11. The number of hydrogen-bond donors (Lipinski definition) is 1. The van der Waals surface area contributed by atoms with Gasteiger partial charge in [0, 0.05) is 18.9 Å². The summed E-state index contributed by atoms with van der Waals surface area (Å²) in [4.78, 5) is 2.54. The Morgan fingerprint density at radius 1 is 1.16 bits per heavy atom. The van der Waals surface area contributed by atoms with E-state index >= 15 is 0 Å². The van der Waals surface area contributed by atoms with Crippen molar-refractivity contribution in [2.75, 3.05) is 7.05 Å². The highest BCUT2D eigenvalue weighted by Gasteiger charge is 2.18. The fraction of sp³-hybridized carbons (Fsp3) is 0.143. The molecule has 0 aliphatic carbocycles. The first-order valence-electron chi connectivity index (χ1n) is 5.79. The molecule has 0 aliphatic rings. The minimum absolute atomic E-state index is 0.200. The third-order valence-corrected chi connectivity index (χ3v) is 6.69. The molecule has 0 fully saturated rings. The van der Waals surface area contributed by atoms with Gasteiger partial charge in [-0.15, -0.1) is 22.7 Å². The molecule has 0 bridgehead atoms. The molecule has 3 aromatic rings. The molecular formula is C14H11BrClNS2. The molecule has 1 nitrogen and oxygen atoms in total. The quantitative estimate of drug-likeness (QED) is 0.623. The second kappa shape index (κ2) is 5.54. The molecule has 0 aliphatic heterocycles. The van der Waals surface area contributed by atoms with Crippen molar-refractivity contribution in [2.24, 2.45) is 0 Å². The van der Waals surface area contributed by atoms with E-state index in [9.17, 15) is 0 Å². The largest absolute Gasteiger partial charge is 0.308 e. The van der Waals surface area contributed by atoms with Crippen molar-refractivity contribution in [2.45, 2.75) is 6.04 Å². The van der Waals surface area contributed by atoms with Crippen LogP contribution in [0.3, 0.4) is 0 Å². The number of thiophene rings is 2. The normalized spacial score (nSPS) is 13.0. The highest BCUT2D eigenvalue weighted by Crippen LogP contribution is 2.40. The van der Waals surface area contributed by atoms with Gasteiger partial charge in [-0.25, -0.2) is 0 Å². The Morgan fingerprint density at radius 2 is 1.89 bits per heavy atom. The number of hydrogen-bond acceptors (Lipinski definition) is 3. The van der Waals surface area contributed by atoms with Crippen LogP contribution in [-0.2, 0) is 0 Å². The maximum Gasteiger partial charge on any atom is 0.107 e. The van der Waals surface area contributed by atoms with Crippen molar-refractivity contribution in [1.29, 1.82) is 0 Å². The molecule has 2 heterocycles. The van der Waals surface area contributed by atoms with Crippen LogP contribution in [0.4, 0.5) is 0 Å². The summed E-state index contributed by atoms with van der Waals surface area (Å²) in [6, 6.07) is 13.0. The molecule has 98 valence electrons. The van der Waals surface area contributed by atoms with Crippen LogP contribution in [0.15, 0.2) is 40.9 Å². The van der Waals surface area contributed by atoms with Crippen LogP contribution >= 0.6 is 50.2 Å². The number of rotatable bonds is 3. The highest BCUT2D eigenvalue weighted by atomic mass is 79.9. The predicted octanol–water partition coefficient (Wildman–Crippen LogP) is 5.69. The highest BCUT2D eigenvalue weighted by molar-refractivity contribution is 9.10. The maximum absolute atomic E-state index is 6.14. The standard InChI is InChI=1S/C14H11BrClNS2/c1-17-13(12-7-9(15)14(16)19-12)11-6-8-4-2-3-5-10(8)18-11/h2-7,13,17H,1H3. The van der Waals surface area contributed by atoms with E-state index in [1.54, 1.807) is 11.3 Å². The van der Waals surface area contributed by atoms with Gasteiger partial charge in [-0.2, -0.15) is 0 Å². The Hall–Kier alpha value is -0.390. The number of nitrogens with one attached hydrogen (secondary N) is 1. The van der Waals surface area contributed by atoms with E-state index in [0.29, 0.717) is 0 Å². The Labute approximate surface area is 133 Å². The van der Waals surface area contributed by atoms with Gasteiger partial charge in [0.05, 0.1) is 6.04 Å². The number of fused-ring (bicyclic) bond motifs is 1. The van der Waals surface area contributed by atoms with Crippen molar-refractivity contribution in [3.05, 3.63) is 55.0 Å². The summed E-state index contributed by atoms with van der Waals surface area (Å²) in [5.74, 6) is 0. The Balaban J connectivity index is 2.06. The molecule has 5 heteroatoms. The first-order valence-corrected chi connectivity index (χ1v) is 8.60. The zero-order valence-electron chi connectivity index (χ0n) is 10.1. The van der Waals surface area contributed by atoms with E-state index in [-0.39, 0.29) is 6.04 Å². The molecule has 1 aromatic carbocycles. The second-order valence-electron chi connectivity index (χ2n) is 4.18. The van der Waals surface area contributed by atoms with E-state index in [4.69, 9.17) is 11.6 Å². The van der Waals surface area contributed by atoms with Crippen LogP contribution in [0.1, 0.15) is 15.8 Å². The molecule has 0 spiro atoms. The fourth-order valence-corrected chi connectivity index (χ4v) is 5.21. The van der Waals surface area contributed by atoms with Gasteiger partial charge in [0.15, 0.2) is 0 Å². The van der Waals surface area contributed by atoms with E-state index < -0.39 is 0 Å². The maximum atomic E-state index is 6.14. The lowest BCUT2D eigenvalue weighted by atomic mass is 10.2. The molecule has 0 amide bonds. The third kappa shape index (κ3) is 2.60. The summed E-state index contributed by atoms with van der Waals surface area (Å²) < 4.78 is 3.09. The van der Waals surface area contributed by atoms with Crippen LogP contribution in [0, 0.1) is 0 Å². The first-order chi connectivity index (χ1) is 9.19. The van der Waals surface area contributed by atoms with E-state index in [1.165, 1.54) is 19.8 Å². The third-order valence-electron chi connectivity index (χ3n) is 2.97. The van der Waals surface area contributed by atoms with Crippen LogP contribution in [0.25, 0.3) is 10.1 Å². The minimum atomic E-state index is 0.200. The van der Waals surface area contributed by atoms with Crippen LogP contribution in [-0.4, -0.2) is 7.05 Å². The Morgan fingerprint density at radius 3 is 2.53 bits per heavy atom. The fourth-order valence-electron chi connectivity index (χ4n) is 2.07.